The van der Waals surface area contributed by atoms with Crippen molar-refractivity contribution in [3.05, 3.63) is 0 Å². The summed E-state index contributed by atoms with van der Waals surface area (Å²) in [6, 6.07) is -0.326. The van der Waals surface area contributed by atoms with Gasteiger partial charge in [0.1, 0.15) is 6.04 Å². The van der Waals surface area contributed by atoms with Crippen molar-refractivity contribution in [1.29, 1.82) is 0 Å². The molecule has 1 aliphatic rings. The molecule has 0 spiro atoms. The maximum absolute atomic E-state index is 11.7. The predicted octanol–water partition coefficient (Wildman–Crippen LogP) is 0.321. The van der Waals surface area contributed by atoms with Gasteiger partial charge < -0.3 is 16.4 Å². The Balaban J connectivity index is 0.00000256. The molecule has 2 amide bonds. The molecular formula is C11H22ClN3O2. The molecule has 0 radical (unpaired) electrons. The minimum Gasteiger partial charge on any atom is -0.350 e. The fourth-order valence-corrected chi connectivity index (χ4v) is 1.81. The second kappa shape index (κ2) is 8.31. The number of carbonyl (C=O) groups excluding carboxylic acids is 2. The van der Waals surface area contributed by atoms with E-state index in [0.29, 0.717) is 19.4 Å². The van der Waals surface area contributed by atoms with Gasteiger partial charge in [-0.1, -0.05) is 19.8 Å². The van der Waals surface area contributed by atoms with Gasteiger partial charge >= 0.3 is 0 Å². The van der Waals surface area contributed by atoms with Crippen LogP contribution in [0, 0.1) is 0 Å². The number of nitrogens with one attached hydrogen (secondary N) is 2. The molecule has 0 aromatic carbocycles. The number of carbonyl (C=O) groups is 2. The third-order valence-electron chi connectivity index (χ3n) is 2.85. The lowest BCUT2D eigenvalue weighted by atomic mass is 10.1. The van der Waals surface area contributed by atoms with Crippen LogP contribution in [0.5, 0.6) is 0 Å². The van der Waals surface area contributed by atoms with E-state index in [0.717, 1.165) is 19.3 Å². The summed E-state index contributed by atoms with van der Waals surface area (Å²) in [7, 11) is 0. The van der Waals surface area contributed by atoms with Crippen LogP contribution in [-0.2, 0) is 9.59 Å². The molecule has 1 saturated heterocycles. The zero-order chi connectivity index (χ0) is 12.0. The van der Waals surface area contributed by atoms with E-state index in [1.165, 1.54) is 0 Å². The highest BCUT2D eigenvalue weighted by Gasteiger charge is 2.27. The van der Waals surface area contributed by atoms with Crippen LogP contribution in [-0.4, -0.2) is 30.4 Å². The van der Waals surface area contributed by atoms with Crippen molar-refractivity contribution < 1.29 is 9.59 Å². The number of unbranched alkanes of at least 4 members (excludes halogenated alkanes) is 1. The summed E-state index contributed by atoms with van der Waals surface area (Å²) in [5.41, 5.74) is 5.59. The van der Waals surface area contributed by atoms with E-state index in [1.807, 2.05) is 0 Å². The number of hydrogen-bond acceptors (Lipinski definition) is 3. The first-order valence-corrected chi connectivity index (χ1v) is 5.97. The van der Waals surface area contributed by atoms with Crippen molar-refractivity contribution in [2.24, 2.45) is 5.73 Å². The Hall–Kier alpha value is -0.810. The number of nitrogens with two attached hydrogens (primary N) is 1. The fourth-order valence-electron chi connectivity index (χ4n) is 1.81. The predicted molar refractivity (Wildman–Crippen MR) is 68.9 cm³/mol. The maximum atomic E-state index is 11.7. The lowest BCUT2D eigenvalue weighted by Gasteiger charge is -2.19. The highest BCUT2D eigenvalue weighted by atomic mass is 35.5. The van der Waals surface area contributed by atoms with Gasteiger partial charge in [-0.05, 0) is 12.8 Å². The zero-order valence-corrected chi connectivity index (χ0v) is 11.0. The number of amides is 2. The van der Waals surface area contributed by atoms with Gasteiger partial charge in [-0.25, -0.2) is 0 Å². The van der Waals surface area contributed by atoms with Crippen LogP contribution < -0.4 is 16.4 Å². The van der Waals surface area contributed by atoms with Crippen LogP contribution >= 0.6 is 12.4 Å². The molecule has 17 heavy (non-hydrogen) atoms. The van der Waals surface area contributed by atoms with E-state index < -0.39 is 0 Å². The van der Waals surface area contributed by atoms with E-state index in [1.54, 1.807) is 0 Å². The largest absolute Gasteiger partial charge is 0.350 e. The highest BCUT2D eigenvalue weighted by Crippen LogP contribution is 2.07. The molecule has 0 aromatic rings. The summed E-state index contributed by atoms with van der Waals surface area (Å²) in [4.78, 5) is 22.7. The summed E-state index contributed by atoms with van der Waals surface area (Å²) >= 11 is 0. The summed E-state index contributed by atoms with van der Waals surface area (Å²) in [6.45, 7) is 2.55. The van der Waals surface area contributed by atoms with Gasteiger partial charge in [-0.2, -0.15) is 0 Å². The van der Waals surface area contributed by atoms with E-state index in [4.69, 9.17) is 5.73 Å². The van der Waals surface area contributed by atoms with Crippen LogP contribution in [0.25, 0.3) is 0 Å². The number of rotatable bonds is 6. The Kier molecular flexibility index (Phi) is 7.91. The summed E-state index contributed by atoms with van der Waals surface area (Å²) in [5.74, 6) is -0.143. The number of hydrogen-bond donors (Lipinski definition) is 3. The van der Waals surface area contributed by atoms with Crippen molar-refractivity contribution in [3.8, 4) is 0 Å². The van der Waals surface area contributed by atoms with Crippen LogP contribution in [0.1, 0.15) is 39.0 Å². The topological polar surface area (TPSA) is 84.2 Å². The van der Waals surface area contributed by atoms with E-state index >= 15 is 0 Å². The van der Waals surface area contributed by atoms with E-state index in [-0.39, 0.29) is 36.3 Å². The van der Waals surface area contributed by atoms with Gasteiger partial charge in [0.15, 0.2) is 0 Å². The second-order valence-corrected chi connectivity index (χ2v) is 4.24. The molecule has 1 heterocycles. The molecule has 6 heteroatoms. The smallest absolute Gasteiger partial charge is 0.242 e. The van der Waals surface area contributed by atoms with Gasteiger partial charge in [0.2, 0.25) is 11.8 Å². The minimum atomic E-state index is -0.358. The minimum absolute atomic E-state index is 0. The summed E-state index contributed by atoms with van der Waals surface area (Å²) < 4.78 is 0. The van der Waals surface area contributed by atoms with Crippen molar-refractivity contribution in [1.82, 2.24) is 10.6 Å². The molecule has 0 aromatic heterocycles. The lowest BCUT2D eigenvalue weighted by molar-refractivity contribution is -0.126. The normalized spacial score (nSPS) is 20.4. The second-order valence-electron chi connectivity index (χ2n) is 4.24. The molecule has 0 bridgehead atoms. The maximum Gasteiger partial charge on any atom is 0.242 e. The molecule has 2 atom stereocenters. The third-order valence-corrected chi connectivity index (χ3v) is 2.85. The Labute approximate surface area is 108 Å². The van der Waals surface area contributed by atoms with Crippen LogP contribution in [0.4, 0.5) is 0 Å². The first-order valence-electron chi connectivity index (χ1n) is 5.97. The van der Waals surface area contributed by atoms with Gasteiger partial charge in [0.25, 0.3) is 0 Å². The standard InChI is InChI=1S/C11H21N3O2.ClH/c1-2-3-4-8(7-12)13-11(16)9-5-6-10(15)14-9;/h8-9H,2-7,12H2,1H3,(H,13,16)(H,14,15);1H. The number of halogens is 1. The van der Waals surface area contributed by atoms with Crippen LogP contribution in [0.3, 0.4) is 0 Å². The molecule has 1 fully saturated rings. The van der Waals surface area contributed by atoms with Crippen molar-refractivity contribution in [2.75, 3.05) is 6.54 Å². The van der Waals surface area contributed by atoms with Crippen molar-refractivity contribution >= 4 is 24.2 Å². The van der Waals surface area contributed by atoms with Crippen molar-refractivity contribution in [2.45, 2.75) is 51.1 Å². The molecule has 5 nitrogen and oxygen atoms in total. The fraction of sp³-hybridized carbons (Fsp3) is 0.818. The molecular weight excluding hydrogens is 242 g/mol. The molecule has 1 rings (SSSR count). The monoisotopic (exact) mass is 263 g/mol. The highest BCUT2D eigenvalue weighted by molar-refractivity contribution is 5.90. The first-order chi connectivity index (χ1) is 7.67. The molecule has 1 aliphatic heterocycles. The average molecular weight is 264 g/mol. The molecule has 2 unspecified atom stereocenters. The quantitative estimate of drug-likeness (QED) is 0.645. The molecule has 0 aliphatic carbocycles. The van der Waals surface area contributed by atoms with Gasteiger partial charge in [-0.3, -0.25) is 9.59 Å². The van der Waals surface area contributed by atoms with Crippen molar-refractivity contribution in [3.63, 3.8) is 0 Å². The van der Waals surface area contributed by atoms with E-state index in [2.05, 4.69) is 17.6 Å². The Morgan fingerprint density at radius 1 is 1.65 bits per heavy atom. The van der Waals surface area contributed by atoms with Crippen LogP contribution in [0.15, 0.2) is 0 Å². The SMILES string of the molecule is CCCCC(CN)NC(=O)C1CCC(=O)N1.Cl. The van der Waals surface area contributed by atoms with Gasteiger partial charge in [-0.15, -0.1) is 12.4 Å². The Morgan fingerprint density at radius 3 is 2.82 bits per heavy atom. The zero-order valence-electron chi connectivity index (χ0n) is 10.2. The van der Waals surface area contributed by atoms with Crippen LogP contribution in [0.2, 0.25) is 0 Å². The van der Waals surface area contributed by atoms with Gasteiger partial charge in [0.05, 0.1) is 0 Å². The first kappa shape index (κ1) is 16.2. The van der Waals surface area contributed by atoms with E-state index in [9.17, 15) is 9.59 Å². The summed E-state index contributed by atoms with van der Waals surface area (Å²) in [5, 5.41) is 5.53. The third kappa shape index (κ3) is 5.37. The summed E-state index contributed by atoms with van der Waals surface area (Å²) in [6.07, 6.45) is 4.08. The Bertz CT molecular complexity index is 261. The van der Waals surface area contributed by atoms with Gasteiger partial charge in [0, 0.05) is 19.0 Å². The molecule has 0 saturated carbocycles. The average Bonchev–Trinajstić information content (AvgIpc) is 2.70. The Morgan fingerprint density at radius 2 is 2.35 bits per heavy atom. The molecule has 100 valence electrons. The molecule has 4 N–H and O–H groups in total. The lowest BCUT2D eigenvalue weighted by Crippen LogP contribution is -2.48.